The van der Waals surface area contributed by atoms with Gasteiger partial charge in [-0.05, 0) is 49.2 Å². The van der Waals surface area contributed by atoms with Crippen LogP contribution in [0, 0.1) is 17.2 Å². The predicted octanol–water partition coefficient (Wildman–Crippen LogP) is 3.47. The molecule has 8 nitrogen and oxygen atoms in total. The van der Waals surface area contributed by atoms with Gasteiger partial charge in [0.15, 0.2) is 0 Å². The fourth-order valence-corrected chi connectivity index (χ4v) is 3.49. The Kier molecular flexibility index (Phi) is 5.61. The molecule has 1 amide bonds. The summed E-state index contributed by atoms with van der Waals surface area (Å²) < 4.78 is 10.6. The molecule has 1 aliphatic rings. The number of carbonyl (C=O) groups excluding carboxylic acids is 1. The third kappa shape index (κ3) is 4.10. The van der Waals surface area contributed by atoms with Crippen LogP contribution in [0.15, 0.2) is 53.1 Å². The van der Waals surface area contributed by atoms with Crippen LogP contribution >= 0.6 is 0 Å². The van der Waals surface area contributed by atoms with Crippen molar-refractivity contribution in [3.63, 3.8) is 0 Å². The molecule has 1 saturated heterocycles. The minimum atomic E-state index is -0.234. The number of methoxy groups -OCH3 is 1. The fraction of sp³-hybridized carbons (Fsp3) is 0.273. The van der Waals surface area contributed by atoms with Crippen molar-refractivity contribution >= 4 is 17.6 Å². The van der Waals surface area contributed by atoms with Gasteiger partial charge in [0.2, 0.25) is 11.7 Å². The summed E-state index contributed by atoms with van der Waals surface area (Å²) in [6.45, 7) is 1.22. The minimum Gasteiger partial charge on any atom is -0.497 e. The molecule has 2 heterocycles. The van der Waals surface area contributed by atoms with Crippen LogP contribution < -0.4 is 15.0 Å². The van der Waals surface area contributed by atoms with Crippen LogP contribution in [0.3, 0.4) is 0 Å². The number of rotatable bonds is 5. The molecule has 0 radical (unpaired) electrons. The summed E-state index contributed by atoms with van der Waals surface area (Å²) >= 11 is 0. The topological polar surface area (TPSA) is 104 Å². The Morgan fingerprint density at radius 1 is 1.27 bits per heavy atom. The van der Waals surface area contributed by atoms with Crippen LogP contribution in [0.5, 0.6) is 5.75 Å². The Morgan fingerprint density at radius 3 is 2.83 bits per heavy atom. The third-order valence-corrected chi connectivity index (χ3v) is 5.13. The lowest BCUT2D eigenvalue weighted by atomic mass is 9.97. The normalized spacial score (nSPS) is 16.0. The van der Waals surface area contributed by atoms with Crippen molar-refractivity contribution < 1.29 is 14.1 Å². The standard InChI is InChI=1S/C22H21N5O3/c1-29-18-10-8-15(9-11-18)20-25-22(30-26-20)27-12-4-6-17(14-27)21(28)24-19-7-3-2-5-16(19)13-23/h2-3,5,7-11,17H,4,6,12,14H2,1H3,(H,24,28)/t17-/m1/s1. The number of ether oxygens (including phenoxy) is 1. The van der Waals surface area contributed by atoms with Crippen molar-refractivity contribution in [1.82, 2.24) is 10.1 Å². The van der Waals surface area contributed by atoms with Crippen LogP contribution in [0.4, 0.5) is 11.7 Å². The molecule has 1 aliphatic heterocycles. The smallest absolute Gasteiger partial charge is 0.324 e. The second-order valence-electron chi connectivity index (χ2n) is 7.06. The summed E-state index contributed by atoms with van der Waals surface area (Å²) in [5, 5.41) is 16.2. The largest absolute Gasteiger partial charge is 0.497 e. The maximum atomic E-state index is 12.8. The molecule has 152 valence electrons. The van der Waals surface area contributed by atoms with Gasteiger partial charge in [-0.15, -0.1) is 0 Å². The number of nitriles is 1. The molecule has 0 aliphatic carbocycles. The lowest BCUT2D eigenvalue weighted by molar-refractivity contribution is -0.120. The van der Waals surface area contributed by atoms with E-state index in [9.17, 15) is 10.1 Å². The average Bonchev–Trinajstić information content (AvgIpc) is 3.30. The highest BCUT2D eigenvalue weighted by atomic mass is 16.5. The SMILES string of the molecule is COc1ccc(-c2noc(N3CCC[C@@H](C(=O)Nc4ccccc4C#N)C3)n2)cc1. The van der Waals surface area contributed by atoms with E-state index in [1.807, 2.05) is 29.2 Å². The van der Waals surface area contributed by atoms with Gasteiger partial charge in [0, 0.05) is 18.7 Å². The summed E-state index contributed by atoms with van der Waals surface area (Å²) in [5.74, 6) is 0.895. The number of para-hydroxylation sites is 1. The quantitative estimate of drug-likeness (QED) is 0.695. The monoisotopic (exact) mass is 403 g/mol. The first kappa shape index (κ1) is 19.5. The van der Waals surface area contributed by atoms with E-state index in [1.54, 1.807) is 31.4 Å². The van der Waals surface area contributed by atoms with Gasteiger partial charge in [0.1, 0.15) is 11.8 Å². The van der Waals surface area contributed by atoms with Crippen LogP contribution in [0.2, 0.25) is 0 Å². The second-order valence-corrected chi connectivity index (χ2v) is 7.06. The number of aromatic nitrogens is 2. The summed E-state index contributed by atoms with van der Waals surface area (Å²) in [6, 6.07) is 16.9. The lowest BCUT2D eigenvalue weighted by Gasteiger charge is -2.30. The van der Waals surface area contributed by atoms with E-state index < -0.39 is 0 Å². The Bertz CT molecular complexity index is 1070. The first-order valence-electron chi connectivity index (χ1n) is 9.71. The maximum Gasteiger partial charge on any atom is 0.324 e. The number of piperidine rings is 1. The molecule has 1 aromatic heterocycles. The maximum absolute atomic E-state index is 12.8. The van der Waals surface area contributed by atoms with E-state index >= 15 is 0 Å². The summed E-state index contributed by atoms with van der Waals surface area (Å²) in [7, 11) is 1.61. The van der Waals surface area contributed by atoms with Gasteiger partial charge < -0.3 is 19.5 Å². The predicted molar refractivity (Wildman–Crippen MR) is 111 cm³/mol. The second kappa shape index (κ2) is 8.66. The highest BCUT2D eigenvalue weighted by Crippen LogP contribution is 2.26. The molecule has 1 atom stereocenters. The molecule has 4 rings (SSSR count). The molecule has 0 saturated carbocycles. The van der Waals surface area contributed by atoms with Gasteiger partial charge in [0.05, 0.1) is 24.3 Å². The number of hydrogen-bond acceptors (Lipinski definition) is 7. The zero-order valence-corrected chi connectivity index (χ0v) is 16.5. The van der Waals surface area contributed by atoms with Gasteiger partial charge in [-0.1, -0.05) is 17.3 Å². The van der Waals surface area contributed by atoms with E-state index in [0.717, 1.165) is 30.7 Å². The Labute approximate surface area is 174 Å². The number of hydrogen-bond donors (Lipinski definition) is 1. The molecular weight excluding hydrogens is 382 g/mol. The van der Waals surface area contributed by atoms with Crippen molar-refractivity contribution in [3.8, 4) is 23.2 Å². The van der Waals surface area contributed by atoms with Crippen LogP contribution in [0.25, 0.3) is 11.4 Å². The van der Waals surface area contributed by atoms with E-state index in [-0.39, 0.29) is 11.8 Å². The molecule has 0 unspecified atom stereocenters. The van der Waals surface area contributed by atoms with Crippen molar-refractivity contribution in [2.75, 3.05) is 30.4 Å². The van der Waals surface area contributed by atoms with Crippen molar-refractivity contribution in [2.24, 2.45) is 5.92 Å². The first-order valence-corrected chi connectivity index (χ1v) is 9.71. The van der Waals surface area contributed by atoms with Gasteiger partial charge in [-0.25, -0.2) is 0 Å². The van der Waals surface area contributed by atoms with Gasteiger partial charge in [-0.2, -0.15) is 10.2 Å². The molecule has 0 bridgehead atoms. The summed E-state index contributed by atoms with van der Waals surface area (Å²) in [4.78, 5) is 19.2. The molecule has 1 N–H and O–H groups in total. The Hall–Kier alpha value is -3.86. The van der Waals surface area contributed by atoms with E-state index in [4.69, 9.17) is 9.26 Å². The Balaban J connectivity index is 1.44. The van der Waals surface area contributed by atoms with E-state index in [2.05, 4.69) is 21.5 Å². The van der Waals surface area contributed by atoms with Crippen molar-refractivity contribution in [3.05, 3.63) is 54.1 Å². The van der Waals surface area contributed by atoms with Gasteiger partial charge in [0.25, 0.3) is 0 Å². The number of anilines is 2. The highest BCUT2D eigenvalue weighted by molar-refractivity contribution is 5.94. The molecule has 1 fully saturated rings. The third-order valence-electron chi connectivity index (χ3n) is 5.13. The first-order chi connectivity index (χ1) is 14.7. The van der Waals surface area contributed by atoms with Crippen molar-refractivity contribution in [2.45, 2.75) is 12.8 Å². The van der Waals surface area contributed by atoms with Crippen molar-refractivity contribution in [1.29, 1.82) is 5.26 Å². The summed E-state index contributed by atoms with van der Waals surface area (Å²) in [6.07, 6.45) is 1.59. The molecule has 3 aromatic rings. The van der Waals surface area contributed by atoms with Crippen LogP contribution in [-0.4, -0.2) is 36.2 Å². The average molecular weight is 403 g/mol. The molecular formula is C22H21N5O3. The lowest BCUT2D eigenvalue weighted by Crippen LogP contribution is -2.41. The number of nitrogens with zero attached hydrogens (tertiary/aromatic N) is 4. The highest BCUT2D eigenvalue weighted by Gasteiger charge is 2.29. The van der Waals surface area contributed by atoms with Gasteiger partial charge in [-0.3, -0.25) is 4.79 Å². The minimum absolute atomic E-state index is 0.114. The van der Waals surface area contributed by atoms with Crippen LogP contribution in [-0.2, 0) is 4.79 Å². The molecule has 2 aromatic carbocycles. The summed E-state index contributed by atoms with van der Waals surface area (Å²) in [5.41, 5.74) is 1.80. The molecule has 0 spiro atoms. The fourth-order valence-electron chi connectivity index (χ4n) is 3.49. The number of benzene rings is 2. The Morgan fingerprint density at radius 2 is 2.07 bits per heavy atom. The molecule has 8 heteroatoms. The van der Waals surface area contributed by atoms with Gasteiger partial charge >= 0.3 is 6.01 Å². The number of carbonyl (C=O) groups is 1. The van der Waals surface area contributed by atoms with E-state index in [1.165, 1.54) is 0 Å². The number of nitrogens with one attached hydrogen (secondary N) is 1. The van der Waals surface area contributed by atoms with E-state index in [0.29, 0.717) is 29.6 Å². The zero-order chi connectivity index (χ0) is 20.9. The molecule has 30 heavy (non-hydrogen) atoms. The number of amides is 1. The van der Waals surface area contributed by atoms with Crippen LogP contribution in [0.1, 0.15) is 18.4 Å². The zero-order valence-electron chi connectivity index (χ0n) is 16.5.